The van der Waals surface area contributed by atoms with Gasteiger partial charge in [0.15, 0.2) is 0 Å². The number of anilines is 1. The number of hydrogen-bond donors (Lipinski definition) is 1. The molecule has 1 amide bonds. The van der Waals surface area contributed by atoms with Crippen molar-refractivity contribution in [1.82, 2.24) is 4.98 Å². The molecule has 0 saturated carbocycles. The molecule has 0 saturated heterocycles. The zero-order valence-corrected chi connectivity index (χ0v) is 11.3. The molecule has 92 valence electrons. The smallest absolute Gasteiger partial charge is 0.261 e. The van der Waals surface area contributed by atoms with E-state index in [0.29, 0.717) is 17.1 Å². The average molecular weight is 307 g/mol. The minimum atomic E-state index is -0.258. The third kappa shape index (κ3) is 2.68. The Kier molecular flexibility index (Phi) is 3.94. The summed E-state index contributed by atoms with van der Waals surface area (Å²) in [6.07, 6.45) is 1.58. The van der Waals surface area contributed by atoms with E-state index in [9.17, 15) is 4.79 Å². The molecule has 0 spiro atoms. The second-order valence-corrected chi connectivity index (χ2v) is 4.35. The SMILES string of the molecule is COc1ncccc1C(=O)Nc1ccccc1Br. The van der Waals surface area contributed by atoms with Gasteiger partial charge < -0.3 is 10.1 Å². The van der Waals surface area contributed by atoms with Crippen LogP contribution in [0.1, 0.15) is 10.4 Å². The number of ether oxygens (including phenoxy) is 1. The summed E-state index contributed by atoms with van der Waals surface area (Å²) in [7, 11) is 1.48. The number of benzene rings is 1. The second kappa shape index (κ2) is 5.64. The molecule has 1 aromatic carbocycles. The predicted molar refractivity (Wildman–Crippen MR) is 72.9 cm³/mol. The molecule has 0 bridgehead atoms. The molecule has 0 fully saturated rings. The number of carbonyl (C=O) groups is 1. The molecular weight excluding hydrogens is 296 g/mol. The number of pyridine rings is 1. The first-order chi connectivity index (χ1) is 8.72. The normalized spacial score (nSPS) is 9.89. The number of hydrogen-bond acceptors (Lipinski definition) is 3. The number of rotatable bonds is 3. The van der Waals surface area contributed by atoms with E-state index in [0.717, 1.165) is 4.47 Å². The molecule has 1 aromatic heterocycles. The average Bonchev–Trinajstić information content (AvgIpc) is 2.41. The lowest BCUT2D eigenvalue weighted by Crippen LogP contribution is -2.14. The lowest BCUT2D eigenvalue weighted by Gasteiger charge is -2.09. The van der Waals surface area contributed by atoms with Crippen molar-refractivity contribution in [3.05, 3.63) is 52.6 Å². The van der Waals surface area contributed by atoms with E-state index in [4.69, 9.17) is 4.74 Å². The van der Waals surface area contributed by atoms with E-state index in [-0.39, 0.29) is 5.91 Å². The van der Waals surface area contributed by atoms with Gasteiger partial charge in [-0.15, -0.1) is 0 Å². The number of nitrogens with one attached hydrogen (secondary N) is 1. The topological polar surface area (TPSA) is 51.2 Å². The Morgan fingerprint density at radius 3 is 2.78 bits per heavy atom. The van der Waals surface area contributed by atoms with Gasteiger partial charge in [0.25, 0.3) is 5.91 Å². The van der Waals surface area contributed by atoms with Gasteiger partial charge >= 0.3 is 0 Å². The van der Waals surface area contributed by atoms with Gasteiger partial charge in [-0.05, 0) is 40.2 Å². The summed E-state index contributed by atoms with van der Waals surface area (Å²) in [5.74, 6) is 0.0499. The maximum atomic E-state index is 12.1. The monoisotopic (exact) mass is 306 g/mol. The van der Waals surface area contributed by atoms with Crippen molar-refractivity contribution in [2.24, 2.45) is 0 Å². The third-order valence-electron chi connectivity index (χ3n) is 2.33. The van der Waals surface area contributed by atoms with E-state index in [1.165, 1.54) is 7.11 Å². The minimum absolute atomic E-state index is 0.258. The van der Waals surface area contributed by atoms with Crippen molar-refractivity contribution >= 4 is 27.5 Å². The summed E-state index contributed by atoms with van der Waals surface area (Å²) >= 11 is 3.37. The van der Waals surface area contributed by atoms with Crippen molar-refractivity contribution in [3.63, 3.8) is 0 Å². The number of aromatic nitrogens is 1. The molecule has 0 aliphatic heterocycles. The Morgan fingerprint density at radius 2 is 2.06 bits per heavy atom. The largest absolute Gasteiger partial charge is 0.480 e. The highest BCUT2D eigenvalue weighted by molar-refractivity contribution is 9.10. The molecule has 2 rings (SSSR count). The van der Waals surface area contributed by atoms with E-state index >= 15 is 0 Å². The van der Waals surface area contributed by atoms with Crippen molar-refractivity contribution in [1.29, 1.82) is 0 Å². The molecule has 0 aliphatic carbocycles. The first-order valence-electron chi connectivity index (χ1n) is 5.27. The molecule has 0 radical (unpaired) electrons. The number of halogens is 1. The maximum absolute atomic E-state index is 12.1. The van der Waals surface area contributed by atoms with E-state index in [1.807, 2.05) is 24.3 Å². The van der Waals surface area contributed by atoms with E-state index in [1.54, 1.807) is 18.3 Å². The molecular formula is C13H11BrN2O2. The fraction of sp³-hybridized carbons (Fsp3) is 0.0769. The first kappa shape index (κ1) is 12.6. The van der Waals surface area contributed by atoms with Crippen LogP contribution in [0.2, 0.25) is 0 Å². The van der Waals surface area contributed by atoms with Crippen LogP contribution in [-0.2, 0) is 0 Å². The summed E-state index contributed by atoms with van der Waals surface area (Å²) in [5.41, 5.74) is 1.10. The van der Waals surface area contributed by atoms with Crippen molar-refractivity contribution in [2.45, 2.75) is 0 Å². The fourth-order valence-electron chi connectivity index (χ4n) is 1.48. The third-order valence-corrected chi connectivity index (χ3v) is 3.02. The summed E-state index contributed by atoms with van der Waals surface area (Å²) in [5, 5.41) is 2.80. The van der Waals surface area contributed by atoms with Gasteiger partial charge in [0.05, 0.1) is 12.8 Å². The Balaban J connectivity index is 2.25. The highest BCUT2D eigenvalue weighted by Crippen LogP contribution is 2.23. The quantitative estimate of drug-likeness (QED) is 0.948. The summed E-state index contributed by atoms with van der Waals surface area (Å²) in [6, 6.07) is 10.8. The molecule has 1 N–H and O–H groups in total. The molecule has 0 unspecified atom stereocenters. The summed E-state index contributed by atoms with van der Waals surface area (Å²) in [6.45, 7) is 0. The standard InChI is InChI=1S/C13H11BrN2O2/c1-18-13-9(5-4-8-15-13)12(17)16-11-7-3-2-6-10(11)14/h2-8H,1H3,(H,16,17). The van der Waals surface area contributed by atoms with E-state index in [2.05, 4.69) is 26.2 Å². The van der Waals surface area contributed by atoms with Crippen LogP contribution >= 0.6 is 15.9 Å². The Hall–Kier alpha value is -1.88. The maximum Gasteiger partial charge on any atom is 0.261 e. The highest BCUT2D eigenvalue weighted by atomic mass is 79.9. The van der Waals surface area contributed by atoms with Crippen LogP contribution in [0, 0.1) is 0 Å². The van der Waals surface area contributed by atoms with Crippen LogP contribution in [0.25, 0.3) is 0 Å². The Labute approximate surface area is 113 Å². The summed E-state index contributed by atoms with van der Waals surface area (Å²) < 4.78 is 5.87. The molecule has 4 nitrogen and oxygen atoms in total. The zero-order chi connectivity index (χ0) is 13.0. The number of amides is 1. The second-order valence-electron chi connectivity index (χ2n) is 3.49. The Morgan fingerprint density at radius 1 is 1.28 bits per heavy atom. The van der Waals surface area contributed by atoms with Gasteiger partial charge in [-0.25, -0.2) is 4.98 Å². The lowest BCUT2D eigenvalue weighted by molar-refractivity contribution is 0.102. The molecule has 18 heavy (non-hydrogen) atoms. The summed E-state index contributed by atoms with van der Waals surface area (Å²) in [4.78, 5) is 16.1. The molecule has 0 aliphatic rings. The molecule has 5 heteroatoms. The minimum Gasteiger partial charge on any atom is -0.480 e. The van der Waals surface area contributed by atoms with Crippen LogP contribution in [0.5, 0.6) is 5.88 Å². The van der Waals surface area contributed by atoms with Gasteiger partial charge in [0.2, 0.25) is 5.88 Å². The van der Waals surface area contributed by atoms with Gasteiger partial charge in [-0.1, -0.05) is 12.1 Å². The molecule has 0 atom stereocenters. The molecule has 1 heterocycles. The van der Waals surface area contributed by atoms with E-state index < -0.39 is 0 Å². The van der Waals surface area contributed by atoms with Gasteiger partial charge in [-0.2, -0.15) is 0 Å². The van der Waals surface area contributed by atoms with Crippen molar-refractivity contribution in [3.8, 4) is 5.88 Å². The van der Waals surface area contributed by atoms with Crippen molar-refractivity contribution < 1.29 is 9.53 Å². The van der Waals surface area contributed by atoms with Crippen LogP contribution in [0.4, 0.5) is 5.69 Å². The number of para-hydroxylation sites is 1. The fourth-order valence-corrected chi connectivity index (χ4v) is 1.86. The molecule has 2 aromatic rings. The van der Waals surface area contributed by atoms with Crippen molar-refractivity contribution in [2.75, 3.05) is 12.4 Å². The van der Waals surface area contributed by atoms with Crippen LogP contribution in [0.15, 0.2) is 47.1 Å². The van der Waals surface area contributed by atoms with Crippen LogP contribution < -0.4 is 10.1 Å². The number of nitrogens with zero attached hydrogens (tertiary/aromatic N) is 1. The van der Waals surface area contributed by atoms with Crippen LogP contribution in [-0.4, -0.2) is 18.0 Å². The number of methoxy groups -OCH3 is 1. The van der Waals surface area contributed by atoms with Gasteiger partial charge in [0.1, 0.15) is 5.56 Å². The first-order valence-corrected chi connectivity index (χ1v) is 6.06. The van der Waals surface area contributed by atoms with Gasteiger partial charge in [-0.3, -0.25) is 4.79 Å². The lowest BCUT2D eigenvalue weighted by atomic mass is 10.2. The number of carbonyl (C=O) groups excluding carboxylic acids is 1. The Bertz CT molecular complexity index is 572. The van der Waals surface area contributed by atoms with Crippen LogP contribution in [0.3, 0.4) is 0 Å². The zero-order valence-electron chi connectivity index (χ0n) is 9.68. The predicted octanol–water partition coefficient (Wildman–Crippen LogP) is 3.11. The highest BCUT2D eigenvalue weighted by Gasteiger charge is 2.13. The van der Waals surface area contributed by atoms with Gasteiger partial charge in [0, 0.05) is 10.7 Å².